The number of unbranched alkanes of at least 4 members (excludes halogenated alkanes) is 2. The van der Waals surface area contributed by atoms with Gasteiger partial charge in [-0.05, 0) is 44.9 Å². The zero-order valence-corrected chi connectivity index (χ0v) is 22.0. The number of alkyl carbamates (subject to hydrolysis) is 1. The maximum absolute atomic E-state index is 13.8. The van der Waals surface area contributed by atoms with Crippen molar-refractivity contribution in [2.45, 2.75) is 71.1 Å². The molecule has 0 aliphatic rings. The van der Waals surface area contributed by atoms with Gasteiger partial charge in [-0.3, -0.25) is 19.2 Å². The van der Waals surface area contributed by atoms with Gasteiger partial charge in [-0.25, -0.2) is 4.79 Å². The van der Waals surface area contributed by atoms with Crippen LogP contribution in [0.25, 0.3) is 0 Å². The van der Waals surface area contributed by atoms with E-state index in [1.807, 2.05) is 6.92 Å². The summed E-state index contributed by atoms with van der Waals surface area (Å²) in [6.45, 7) is 6.53. The van der Waals surface area contributed by atoms with E-state index >= 15 is 0 Å². The number of carbonyl (C=O) groups is 5. The topological polar surface area (TPSA) is 177 Å². The van der Waals surface area contributed by atoms with Crippen molar-refractivity contribution in [2.75, 3.05) is 20.2 Å². The number of nitrogens with zero attached hydrogens (tertiary/aromatic N) is 1. The number of primary amides is 1. The molecule has 0 heterocycles. The number of nitrogens with one attached hydrogen (secondary N) is 2. The Morgan fingerprint density at radius 1 is 1.08 bits per heavy atom. The first-order valence-corrected chi connectivity index (χ1v) is 12.0. The number of amides is 4. The summed E-state index contributed by atoms with van der Waals surface area (Å²) in [4.78, 5) is 64.2. The van der Waals surface area contributed by atoms with Crippen molar-refractivity contribution in [3.63, 3.8) is 0 Å². The van der Waals surface area contributed by atoms with Crippen LogP contribution < -0.4 is 16.4 Å². The lowest BCUT2D eigenvalue weighted by atomic mass is 10.0. The van der Waals surface area contributed by atoms with Crippen molar-refractivity contribution < 1.29 is 38.6 Å². The summed E-state index contributed by atoms with van der Waals surface area (Å²) in [5.74, 6) is -3.04. The zero-order chi connectivity index (χ0) is 28.2. The standard InChI is InChI=1S/C25H38N4O8/c1-6-7-8-13-29(23(34)18(14-19(26)31)28-24(35)37-25(2,3)4)21(16-9-11-17(30)12-10-16)22(33)27-15-20(32)36-5/h9-12,18,21,30H,6-8,13-15H2,1-5H3,(H2,26,31)(H,27,33)(H,28,35). The van der Waals surface area contributed by atoms with E-state index in [1.54, 1.807) is 20.8 Å². The molecule has 206 valence electrons. The molecule has 37 heavy (non-hydrogen) atoms. The van der Waals surface area contributed by atoms with Crippen molar-refractivity contribution in [2.24, 2.45) is 5.73 Å². The first-order valence-electron chi connectivity index (χ1n) is 12.0. The number of aromatic hydroxyl groups is 1. The Hall–Kier alpha value is -3.83. The number of nitrogens with two attached hydrogens (primary N) is 1. The van der Waals surface area contributed by atoms with Crippen LogP contribution >= 0.6 is 0 Å². The number of carbonyl (C=O) groups excluding carboxylic acids is 5. The van der Waals surface area contributed by atoms with Crippen LogP contribution in [-0.2, 0) is 28.7 Å². The molecule has 4 amide bonds. The second-order valence-corrected chi connectivity index (χ2v) is 9.40. The van der Waals surface area contributed by atoms with Gasteiger partial charge in [0.15, 0.2) is 0 Å². The number of hydrogen-bond donors (Lipinski definition) is 4. The lowest BCUT2D eigenvalue weighted by Gasteiger charge is -2.34. The molecule has 5 N–H and O–H groups in total. The minimum atomic E-state index is -1.41. The number of hydrogen-bond acceptors (Lipinski definition) is 8. The smallest absolute Gasteiger partial charge is 0.408 e. The van der Waals surface area contributed by atoms with Gasteiger partial charge in [0.05, 0.1) is 13.5 Å². The summed E-state index contributed by atoms with van der Waals surface area (Å²) >= 11 is 0. The van der Waals surface area contributed by atoms with Gasteiger partial charge >= 0.3 is 12.1 Å². The second-order valence-electron chi connectivity index (χ2n) is 9.40. The fourth-order valence-corrected chi connectivity index (χ4v) is 3.41. The predicted octanol–water partition coefficient (Wildman–Crippen LogP) is 1.51. The molecule has 2 atom stereocenters. The average Bonchev–Trinajstić information content (AvgIpc) is 2.80. The third-order valence-electron chi connectivity index (χ3n) is 5.08. The predicted molar refractivity (Wildman–Crippen MR) is 134 cm³/mol. The minimum absolute atomic E-state index is 0.0560. The minimum Gasteiger partial charge on any atom is -0.508 e. The largest absolute Gasteiger partial charge is 0.508 e. The normalized spacial score (nSPS) is 12.6. The van der Waals surface area contributed by atoms with Gasteiger partial charge in [-0.15, -0.1) is 0 Å². The number of rotatable bonds is 13. The van der Waals surface area contributed by atoms with Crippen LogP contribution in [0.2, 0.25) is 0 Å². The van der Waals surface area contributed by atoms with E-state index in [1.165, 1.54) is 36.3 Å². The van der Waals surface area contributed by atoms with Crippen LogP contribution in [0.4, 0.5) is 4.79 Å². The Morgan fingerprint density at radius 2 is 1.70 bits per heavy atom. The van der Waals surface area contributed by atoms with Crippen molar-refractivity contribution in [3.8, 4) is 5.75 Å². The van der Waals surface area contributed by atoms with Crippen molar-refractivity contribution >= 4 is 29.8 Å². The van der Waals surface area contributed by atoms with E-state index in [0.29, 0.717) is 12.0 Å². The van der Waals surface area contributed by atoms with Crippen LogP contribution in [0.15, 0.2) is 24.3 Å². The summed E-state index contributed by atoms with van der Waals surface area (Å²) in [7, 11) is 1.17. The zero-order valence-electron chi connectivity index (χ0n) is 22.0. The van der Waals surface area contributed by atoms with Gasteiger partial charge in [-0.1, -0.05) is 31.9 Å². The Kier molecular flexibility index (Phi) is 12.4. The highest BCUT2D eigenvalue weighted by atomic mass is 16.6. The summed E-state index contributed by atoms with van der Waals surface area (Å²) in [5, 5.41) is 14.6. The molecule has 0 bridgehead atoms. The van der Waals surface area contributed by atoms with Gasteiger partial charge in [0.25, 0.3) is 0 Å². The molecule has 0 saturated heterocycles. The van der Waals surface area contributed by atoms with Crippen LogP contribution in [0.5, 0.6) is 5.75 Å². The molecular weight excluding hydrogens is 484 g/mol. The Morgan fingerprint density at radius 3 is 2.22 bits per heavy atom. The number of esters is 1. The molecule has 1 aromatic rings. The van der Waals surface area contributed by atoms with Gasteiger partial charge in [0.2, 0.25) is 17.7 Å². The van der Waals surface area contributed by atoms with Crippen molar-refractivity contribution in [1.29, 1.82) is 0 Å². The lowest BCUT2D eigenvalue weighted by Crippen LogP contribution is -2.54. The number of methoxy groups -OCH3 is 1. The first-order chi connectivity index (χ1) is 17.3. The molecule has 2 unspecified atom stereocenters. The quantitative estimate of drug-likeness (QED) is 0.222. The molecule has 0 spiro atoms. The molecule has 0 aromatic heterocycles. The maximum Gasteiger partial charge on any atom is 0.408 e. The summed E-state index contributed by atoms with van der Waals surface area (Å²) < 4.78 is 9.80. The summed E-state index contributed by atoms with van der Waals surface area (Å²) in [5.41, 5.74) is 4.82. The Balaban J connectivity index is 3.47. The van der Waals surface area contributed by atoms with E-state index in [-0.39, 0.29) is 12.3 Å². The lowest BCUT2D eigenvalue weighted by molar-refractivity contribution is -0.145. The third-order valence-corrected chi connectivity index (χ3v) is 5.08. The number of phenols is 1. The molecule has 0 saturated carbocycles. The molecule has 0 fully saturated rings. The summed E-state index contributed by atoms with van der Waals surface area (Å²) in [6, 6.07) is 2.95. The van der Waals surface area contributed by atoms with Crippen molar-refractivity contribution in [3.05, 3.63) is 29.8 Å². The molecule has 12 heteroatoms. The van der Waals surface area contributed by atoms with Gasteiger partial charge in [-0.2, -0.15) is 0 Å². The fourth-order valence-electron chi connectivity index (χ4n) is 3.41. The molecular formula is C25H38N4O8. The second kappa shape index (κ2) is 14.7. The highest BCUT2D eigenvalue weighted by Gasteiger charge is 2.37. The monoisotopic (exact) mass is 522 g/mol. The van der Waals surface area contributed by atoms with Gasteiger partial charge in [0.1, 0.15) is 30.0 Å². The highest BCUT2D eigenvalue weighted by molar-refractivity contribution is 5.95. The summed E-state index contributed by atoms with van der Waals surface area (Å²) in [6.07, 6.45) is 0.597. The Labute approximate surface area is 216 Å². The van der Waals surface area contributed by atoms with Gasteiger partial charge < -0.3 is 35.8 Å². The Bertz CT molecular complexity index is 943. The van der Waals surface area contributed by atoms with Crippen molar-refractivity contribution in [1.82, 2.24) is 15.5 Å². The van der Waals surface area contributed by atoms with Crippen LogP contribution in [-0.4, -0.2) is 71.6 Å². The molecule has 12 nitrogen and oxygen atoms in total. The fraction of sp³-hybridized carbons (Fsp3) is 0.560. The molecule has 0 radical (unpaired) electrons. The van der Waals surface area contributed by atoms with E-state index in [9.17, 15) is 29.1 Å². The van der Waals surface area contributed by atoms with E-state index in [0.717, 1.165) is 12.8 Å². The molecule has 0 aliphatic carbocycles. The molecule has 1 aromatic carbocycles. The number of ether oxygens (including phenoxy) is 2. The highest BCUT2D eigenvalue weighted by Crippen LogP contribution is 2.25. The molecule has 0 aliphatic heterocycles. The molecule has 1 rings (SSSR count). The van der Waals surface area contributed by atoms with Gasteiger partial charge in [0, 0.05) is 6.54 Å². The SMILES string of the molecule is CCCCCN(C(=O)C(CC(N)=O)NC(=O)OC(C)(C)C)C(C(=O)NCC(=O)OC)c1ccc(O)cc1. The number of benzene rings is 1. The number of phenolic OH excluding ortho intramolecular Hbond substituents is 1. The maximum atomic E-state index is 13.8. The van der Waals surface area contributed by atoms with Crippen LogP contribution in [0.3, 0.4) is 0 Å². The van der Waals surface area contributed by atoms with Crippen LogP contribution in [0, 0.1) is 0 Å². The van der Waals surface area contributed by atoms with E-state index in [2.05, 4.69) is 15.4 Å². The van der Waals surface area contributed by atoms with Crippen LogP contribution in [0.1, 0.15) is 65.0 Å². The van der Waals surface area contributed by atoms with E-state index in [4.69, 9.17) is 10.5 Å². The van der Waals surface area contributed by atoms with E-state index < -0.39 is 60.4 Å². The average molecular weight is 523 g/mol. The first kappa shape index (κ1) is 31.2. The third kappa shape index (κ3) is 11.2.